The van der Waals surface area contributed by atoms with Gasteiger partial charge in [0.05, 0.1) is 11.3 Å². The summed E-state index contributed by atoms with van der Waals surface area (Å²) in [7, 11) is 3.97. The molecule has 0 aliphatic carbocycles. The molecule has 0 bridgehead atoms. The van der Waals surface area contributed by atoms with Crippen molar-refractivity contribution < 1.29 is 0 Å². The molecule has 0 spiro atoms. The maximum Gasteiger partial charge on any atom is 0.154 e. The molecule has 2 rings (SSSR count). The largest absolute Gasteiger partial charge is 0.395 e. The number of nitrogens with zero attached hydrogens (tertiary/aromatic N) is 3. The van der Waals surface area contributed by atoms with Gasteiger partial charge in [-0.1, -0.05) is 0 Å². The topological polar surface area (TPSA) is 78.0 Å². The Labute approximate surface area is 112 Å². The van der Waals surface area contributed by atoms with Gasteiger partial charge in [0.15, 0.2) is 5.82 Å². The molecule has 0 aliphatic heterocycles. The van der Waals surface area contributed by atoms with Crippen LogP contribution in [0.1, 0.15) is 5.56 Å². The van der Waals surface area contributed by atoms with Gasteiger partial charge in [-0.25, -0.2) is 4.98 Å². The molecular formula is C14H15N5. The molecule has 0 radical (unpaired) electrons. The highest BCUT2D eigenvalue weighted by Gasteiger charge is 2.06. The molecule has 1 aromatic carbocycles. The van der Waals surface area contributed by atoms with Crippen LogP contribution in [0.2, 0.25) is 0 Å². The third-order valence-corrected chi connectivity index (χ3v) is 2.76. The molecule has 0 atom stereocenters. The van der Waals surface area contributed by atoms with Gasteiger partial charge in [0.25, 0.3) is 0 Å². The maximum absolute atomic E-state index is 8.92. The molecule has 1 heterocycles. The lowest BCUT2D eigenvalue weighted by molar-refractivity contribution is 1.13. The van der Waals surface area contributed by atoms with Gasteiger partial charge in [-0.2, -0.15) is 5.26 Å². The average Bonchev–Trinajstić information content (AvgIpc) is 2.42. The summed E-state index contributed by atoms with van der Waals surface area (Å²) in [5.41, 5.74) is 8.63. The Kier molecular flexibility index (Phi) is 3.53. The third kappa shape index (κ3) is 2.75. The molecule has 19 heavy (non-hydrogen) atoms. The minimum absolute atomic E-state index is 0.363. The summed E-state index contributed by atoms with van der Waals surface area (Å²) in [6.07, 6.45) is 1.56. The Bertz CT molecular complexity index is 611. The van der Waals surface area contributed by atoms with Crippen LogP contribution >= 0.6 is 0 Å². The lowest BCUT2D eigenvalue weighted by Gasteiger charge is -2.13. The first-order valence-corrected chi connectivity index (χ1v) is 5.81. The molecule has 0 amide bonds. The zero-order valence-electron chi connectivity index (χ0n) is 10.9. The molecule has 0 fully saturated rings. The van der Waals surface area contributed by atoms with E-state index in [1.807, 2.05) is 49.3 Å². The third-order valence-electron chi connectivity index (χ3n) is 2.76. The van der Waals surface area contributed by atoms with Crippen LogP contribution in [-0.4, -0.2) is 19.1 Å². The van der Waals surface area contributed by atoms with E-state index in [1.165, 1.54) is 0 Å². The molecular weight excluding hydrogens is 238 g/mol. The second-order valence-corrected chi connectivity index (χ2v) is 4.30. The van der Waals surface area contributed by atoms with E-state index in [2.05, 4.69) is 10.3 Å². The molecule has 96 valence electrons. The van der Waals surface area contributed by atoms with E-state index in [0.717, 1.165) is 11.4 Å². The number of anilines is 4. The number of rotatable bonds is 3. The van der Waals surface area contributed by atoms with Gasteiger partial charge in [-0.3, -0.25) is 0 Å². The van der Waals surface area contributed by atoms with Gasteiger partial charge in [-0.05, 0) is 30.3 Å². The highest BCUT2D eigenvalue weighted by atomic mass is 15.1. The van der Waals surface area contributed by atoms with Crippen molar-refractivity contribution in [3.05, 3.63) is 42.1 Å². The van der Waals surface area contributed by atoms with Crippen molar-refractivity contribution in [1.82, 2.24) is 4.98 Å². The predicted octanol–water partition coefficient (Wildman–Crippen LogP) is 2.35. The second-order valence-electron chi connectivity index (χ2n) is 4.30. The van der Waals surface area contributed by atoms with Crippen molar-refractivity contribution in [2.75, 3.05) is 30.0 Å². The summed E-state index contributed by atoms with van der Waals surface area (Å²) in [4.78, 5) is 6.16. The van der Waals surface area contributed by atoms with Gasteiger partial charge in [0.1, 0.15) is 6.07 Å². The van der Waals surface area contributed by atoms with Crippen molar-refractivity contribution in [3.63, 3.8) is 0 Å². The summed E-state index contributed by atoms with van der Waals surface area (Å²) in [6.45, 7) is 0. The molecule has 2 aromatic rings. The lowest BCUT2D eigenvalue weighted by Crippen LogP contribution is -2.08. The monoisotopic (exact) mass is 253 g/mol. The fourth-order valence-electron chi connectivity index (χ4n) is 1.65. The molecule has 0 saturated heterocycles. The highest BCUT2D eigenvalue weighted by Crippen LogP contribution is 2.24. The highest BCUT2D eigenvalue weighted by molar-refractivity contribution is 5.74. The van der Waals surface area contributed by atoms with Crippen molar-refractivity contribution >= 4 is 22.9 Å². The fraction of sp³-hybridized carbons (Fsp3) is 0.143. The van der Waals surface area contributed by atoms with Crippen LogP contribution in [0.4, 0.5) is 22.9 Å². The molecule has 5 heteroatoms. The average molecular weight is 253 g/mol. The van der Waals surface area contributed by atoms with Crippen molar-refractivity contribution in [1.29, 1.82) is 5.26 Å². The first-order chi connectivity index (χ1) is 9.11. The lowest BCUT2D eigenvalue weighted by atomic mass is 10.2. The number of benzene rings is 1. The van der Waals surface area contributed by atoms with E-state index in [0.29, 0.717) is 17.1 Å². The van der Waals surface area contributed by atoms with Gasteiger partial charge < -0.3 is 16.0 Å². The van der Waals surface area contributed by atoms with Crippen LogP contribution < -0.4 is 16.0 Å². The summed E-state index contributed by atoms with van der Waals surface area (Å²) >= 11 is 0. The van der Waals surface area contributed by atoms with Crippen LogP contribution in [-0.2, 0) is 0 Å². The minimum atomic E-state index is 0.363. The number of hydrogen-bond acceptors (Lipinski definition) is 5. The summed E-state index contributed by atoms with van der Waals surface area (Å²) in [5, 5.41) is 12.0. The Morgan fingerprint density at radius 3 is 2.47 bits per heavy atom. The molecule has 1 aromatic heterocycles. The molecule has 5 nitrogen and oxygen atoms in total. The fourth-order valence-corrected chi connectivity index (χ4v) is 1.65. The molecule has 0 unspecified atom stereocenters. The number of hydrogen-bond donors (Lipinski definition) is 2. The molecule has 3 N–H and O–H groups in total. The zero-order valence-corrected chi connectivity index (χ0v) is 10.9. The number of pyridine rings is 1. The van der Waals surface area contributed by atoms with Crippen LogP contribution in [0.3, 0.4) is 0 Å². The number of nitrogen functional groups attached to an aromatic ring is 1. The predicted molar refractivity (Wildman–Crippen MR) is 77.4 cm³/mol. The Morgan fingerprint density at radius 2 is 1.89 bits per heavy atom. The van der Waals surface area contributed by atoms with Crippen molar-refractivity contribution in [3.8, 4) is 6.07 Å². The SMILES string of the molecule is CN(C)c1ccc(Nc2nccc(C#N)c2N)cc1. The summed E-state index contributed by atoms with van der Waals surface area (Å²) in [6, 6.07) is 11.5. The normalized spacial score (nSPS) is 9.74. The van der Waals surface area contributed by atoms with E-state index in [-0.39, 0.29) is 0 Å². The first kappa shape index (κ1) is 12.7. The van der Waals surface area contributed by atoms with E-state index >= 15 is 0 Å². The smallest absolute Gasteiger partial charge is 0.154 e. The van der Waals surface area contributed by atoms with Gasteiger partial charge in [0, 0.05) is 31.7 Å². The summed E-state index contributed by atoms with van der Waals surface area (Å²) < 4.78 is 0. The number of aromatic nitrogens is 1. The van der Waals surface area contributed by atoms with Crippen molar-refractivity contribution in [2.45, 2.75) is 0 Å². The van der Waals surface area contributed by atoms with Gasteiger partial charge in [0.2, 0.25) is 0 Å². The van der Waals surface area contributed by atoms with Crippen LogP contribution in [0.5, 0.6) is 0 Å². The van der Waals surface area contributed by atoms with Crippen LogP contribution in [0, 0.1) is 11.3 Å². The van der Waals surface area contributed by atoms with E-state index < -0.39 is 0 Å². The van der Waals surface area contributed by atoms with Gasteiger partial charge >= 0.3 is 0 Å². The van der Waals surface area contributed by atoms with E-state index in [9.17, 15) is 0 Å². The summed E-state index contributed by atoms with van der Waals surface area (Å²) in [5.74, 6) is 0.497. The van der Waals surface area contributed by atoms with Crippen molar-refractivity contribution in [2.24, 2.45) is 0 Å². The zero-order chi connectivity index (χ0) is 13.8. The number of nitriles is 1. The quantitative estimate of drug-likeness (QED) is 0.877. The Hall–Kier alpha value is -2.74. The minimum Gasteiger partial charge on any atom is -0.395 e. The second kappa shape index (κ2) is 5.27. The number of nitrogens with two attached hydrogens (primary N) is 1. The van der Waals surface area contributed by atoms with E-state index in [4.69, 9.17) is 11.0 Å². The first-order valence-electron chi connectivity index (χ1n) is 5.81. The maximum atomic E-state index is 8.92. The number of nitrogens with one attached hydrogen (secondary N) is 1. The standard InChI is InChI=1S/C14H15N5/c1-19(2)12-5-3-11(4-6-12)18-14-13(16)10(9-15)7-8-17-14/h3-8H,16H2,1-2H3,(H,17,18). The molecule has 0 saturated carbocycles. The Morgan fingerprint density at radius 1 is 1.21 bits per heavy atom. The molecule has 0 aliphatic rings. The van der Waals surface area contributed by atoms with Gasteiger partial charge in [-0.15, -0.1) is 0 Å². The van der Waals surface area contributed by atoms with Crippen LogP contribution in [0.25, 0.3) is 0 Å². The van der Waals surface area contributed by atoms with E-state index in [1.54, 1.807) is 12.3 Å². The Balaban J connectivity index is 2.24. The van der Waals surface area contributed by atoms with Crippen LogP contribution in [0.15, 0.2) is 36.5 Å².